The summed E-state index contributed by atoms with van der Waals surface area (Å²) in [6, 6.07) is 10.2. The van der Waals surface area contributed by atoms with Crippen LogP contribution in [0.25, 0.3) is 0 Å². The number of hydrogen-bond acceptors (Lipinski definition) is 7. The molecule has 13 heteroatoms. The van der Waals surface area contributed by atoms with Crippen LogP contribution >= 0.6 is 11.8 Å². The molecule has 188 valence electrons. The number of urea groups is 1. The highest BCUT2D eigenvalue weighted by molar-refractivity contribution is 7.99. The summed E-state index contributed by atoms with van der Waals surface area (Å²) >= 11 is 1.27. The largest absolute Gasteiger partial charge is 0.573 e. The minimum absolute atomic E-state index is 0.174. The fourth-order valence-electron chi connectivity index (χ4n) is 3.14. The molecule has 1 atom stereocenters. The average molecular weight is 513 g/mol. The molecule has 2 aromatic carbocycles. The van der Waals surface area contributed by atoms with Crippen LogP contribution in [0.2, 0.25) is 0 Å². The molecule has 0 spiro atoms. The Kier molecular flexibility index (Phi) is 7.80. The van der Waals surface area contributed by atoms with Gasteiger partial charge in [0.2, 0.25) is 6.41 Å². The summed E-state index contributed by atoms with van der Waals surface area (Å²) in [7, 11) is 0. The third-order valence-corrected chi connectivity index (χ3v) is 6.04. The molecule has 0 aromatic heterocycles. The minimum atomic E-state index is -4.78. The molecule has 3 rings (SSSR count). The lowest BCUT2D eigenvalue weighted by atomic mass is 10.1. The lowest BCUT2D eigenvalue weighted by Gasteiger charge is -2.26. The molecule has 0 aliphatic carbocycles. The number of rotatable bonds is 10. The van der Waals surface area contributed by atoms with E-state index in [2.05, 4.69) is 10.1 Å². The van der Waals surface area contributed by atoms with Gasteiger partial charge in [-0.1, -0.05) is 0 Å². The lowest BCUT2D eigenvalue weighted by molar-refractivity contribution is -0.274. The summed E-state index contributed by atoms with van der Waals surface area (Å²) in [5.74, 6) is 0.0764. The summed E-state index contributed by atoms with van der Waals surface area (Å²) in [6.45, 7) is 2.93. The van der Waals surface area contributed by atoms with Gasteiger partial charge in [-0.2, -0.15) is 0 Å². The van der Waals surface area contributed by atoms with Crippen LogP contribution in [-0.4, -0.2) is 63.8 Å². The Hall–Kier alpha value is -3.45. The Bertz CT molecular complexity index is 1060. The van der Waals surface area contributed by atoms with Crippen molar-refractivity contribution >= 4 is 30.1 Å². The zero-order valence-electron chi connectivity index (χ0n) is 18.6. The Morgan fingerprint density at radius 1 is 1.09 bits per heavy atom. The smallest absolute Gasteiger partial charge is 0.457 e. The normalized spacial score (nSPS) is 16.0. The van der Waals surface area contributed by atoms with Crippen molar-refractivity contribution in [3.05, 3.63) is 48.5 Å². The molecule has 1 saturated heterocycles. The van der Waals surface area contributed by atoms with E-state index in [1.807, 2.05) is 0 Å². The van der Waals surface area contributed by atoms with Crippen molar-refractivity contribution < 1.29 is 42.2 Å². The predicted molar refractivity (Wildman–Crippen MR) is 118 cm³/mol. The third-order valence-electron chi connectivity index (χ3n) is 4.88. The number of nitrogens with one attached hydrogen (secondary N) is 1. The van der Waals surface area contributed by atoms with Crippen LogP contribution in [0, 0.1) is 0 Å². The first-order valence-corrected chi connectivity index (χ1v) is 11.2. The molecule has 2 aromatic rings. The molecule has 1 heterocycles. The van der Waals surface area contributed by atoms with Crippen molar-refractivity contribution in [1.82, 2.24) is 15.3 Å². The number of carbonyl (C=O) groups excluding carboxylic acids is 3. The maximum absolute atomic E-state index is 12.4. The number of ether oxygens (including phenoxy) is 2. The Balaban J connectivity index is 1.58. The van der Waals surface area contributed by atoms with E-state index in [0.29, 0.717) is 16.6 Å². The molecule has 4 amide bonds. The molecule has 9 nitrogen and oxygen atoms in total. The summed E-state index contributed by atoms with van der Waals surface area (Å²) in [5, 5.41) is 12.9. The van der Waals surface area contributed by atoms with Gasteiger partial charge in [-0.05, 0) is 62.4 Å². The number of hydroxylamine groups is 2. The van der Waals surface area contributed by atoms with Gasteiger partial charge in [0.1, 0.15) is 22.8 Å². The predicted octanol–water partition coefficient (Wildman–Crippen LogP) is 4.02. The second-order valence-corrected chi connectivity index (χ2v) is 9.11. The highest BCUT2D eigenvalue weighted by atomic mass is 32.2. The summed E-state index contributed by atoms with van der Waals surface area (Å²) in [6.07, 6.45) is -4.57. The van der Waals surface area contributed by atoms with Gasteiger partial charge >= 0.3 is 12.4 Å². The van der Waals surface area contributed by atoms with Gasteiger partial charge in [0.05, 0.1) is 12.6 Å². The quantitative estimate of drug-likeness (QED) is 0.162. The van der Waals surface area contributed by atoms with Gasteiger partial charge in [0, 0.05) is 10.6 Å². The Morgan fingerprint density at radius 2 is 1.63 bits per heavy atom. The van der Waals surface area contributed by atoms with E-state index in [9.17, 15) is 32.8 Å². The van der Waals surface area contributed by atoms with E-state index in [-0.39, 0.29) is 24.5 Å². The van der Waals surface area contributed by atoms with Crippen molar-refractivity contribution in [2.24, 2.45) is 0 Å². The van der Waals surface area contributed by atoms with Gasteiger partial charge in [0.15, 0.2) is 0 Å². The first-order chi connectivity index (χ1) is 16.4. The molecule has 1 unspecified atom stereocenters. The Morgan fingerprint density at radius 3 is 2.11 bits per heavy atom. The summed E-state index contributed by atoms with van der Waals surface area (Å²) in [4.78, 5) is 37.3. The number of amides is 4. The fraction of sp³-hybridized carbons (Fsp3) is 0.318. The molecule has 0 bridgehead atoms. The van der Waals surface area contributed by atoms with Crippen LogP contribution in [0.3, 0.4) is 0 Å². The molecule has 1 fully saturated rings. The van der Waals surface area contributed by atoms with Gasteiger partial charge < -0.3 is 14.8 Å². The van der Waals surface area contributed by atoms with Crippen molar-refractivity contribution in [2.75, 3.05) is 12.3 Å². The van der Waals surface area contributed by atoms with Gasteiger partial charge in [-0.3, -0.25) is 19.7 Å². The number of benzene rings is 2. The zero-order valence-corrected chi connectivity index (χ0v) is 19.4. The summed E-state index contributed by atoms with van der Waals surface area (Å²) in [5.41, 5.74) is -1.07. The SMILES string of the molecule is CC1(C)NC(=O)N(CC(CSc2ccc(Oc3ccc(OC(F)(F)F)cc3)cc2)N(O)C=O)C1=O. The van der Waals surface area contributed by atoms with Crippen molar-refractivity contribution in [1.29, 1.82) is 0 Å². The zero-order chi connectivity index (χ0) is 25.8. The minimum Gasteiger partial charge on any atom is -0.457 e. The molecule has 2 N–H and O–H groups in total. The van der Waals surface area contributed by atoms with Crippen LogP contribution in [0.4, 0.5) is 18.0 Å². The highest BCUT2D eigenvalue weighted by Gasteiger charge is 2.45. The monoisotopic (exact) mass is 513 g/mol. The first-order valence-electron chi connectivity index (χ1n) is 10.2. The van der Waals surface area contributed by atoms with E-state index in [1.54, 1.807) is 38.1 Å². The van der Waals surface area contributed by atoms with Gasteiger partial charge in [-0.25, -0.2) is 9.86 Å². The van der Waals surface area contributed by atoms with E-state index >= 15 is 0 Å². The number of carbonyl (C=O) groups is 3. The van der Waals surface area contributed by atoms with Crippen LogP contribution in [-0.2, 0) is 9.59 Å². The molecular weight excluding hydrogens is 491 g/mol. The fourth-order valence-corrected chi connectivity index (χ4v) is 4.11. The van der Waals surface area contributed by atoms with Crippen LogP contribution in [0.1, 0.15) is 13.8 Å². The average Bonchev–Trinajstić information content (AvgIpc) is 2.98. The first kappa shape index (κ1) is 26.2. The summed E-state index contributed by atoms with van der Waals surface area (Å²) < 4.78 is 46.2. The molecule has 0 saturated carbocycles. The molecule has 0 radical (unpaired) electrons. The van der Waals surface area contributed by atoms with Crippen LogP contribution < -0.4 is 14.8 Å². The topological polar surface area (TPSA) is 108 Å². The number of alkyl halides is 3. The van der Waals surface area contributed by atoms with E-state index in [4.69, 9.17) is 4.74 Å². The van der Waals surface area contributed by atoms with Gasteiger partial charge in [-0.15, -0.1) is 24.9 Å². The van der Waals surface area contributed by atoms with Crippen LogP contribution in [0.5, 0.6) is 17.2 Å². The maximum Gasteiger partial charge on any atom is 0.573 e. The number of hydrogen-bond donors (Lipinski definition) is 2. The van der Waals surface area contributed by atoms with Crippen LogP contribution in [0.15, 0.2) is 53.4 Å². The van der Waals surface area contributed by atoms with Crippen molar-refractivity contribution in [3.63, 3.8) is 0 Å². The number of imide groups is 1. The molecule has 35 heavy (non-hydrogen) atoms. The highest BCUT2D eigenvalue weighted by Crippen LogP contribution is 2.29. The molecular formula is C22H22F3N3O6S. The maximum atomic E-state index is 12.4. The lowest BCUT2D eigenvalue weighted by Crippen LogP contribution is -2.47. The second kappa shape index (κ2) is 10.4. The molecule has 1 aliphatic rings. The van der Waals surface area contributed by atoms with E-state index < -0.39 is 29.9 Å². The second-order valence-electron chi connectivity index (χ2n) is 8.01. The third kappa shape index (κ3) is 7.02. The van der Waals surface area contributed by atoms with Gasteiger partial charge in [0.25, 0.3) is 5.91 Å². The van der Waals surface area contributed by atoms with Crippen molar-refractivity contribution in [2.45, 2.75) is 36.7 Å². The van der Waals surface area contributed by atoms with E-state index in [0.717, 1.165) is 21.9 Å². The molecule has 1 aliphatic heterocycles. The number of nitrogens with zero attached hydrogens (tertiary/aromatic N) is 2. The number of halogens is 3. The standard InChI is InChI=1S/C22H22F3N3O6S/c1-21(2)19(30)27(20(31)26-21)11-14(28(32)13-29)12-35-18-9-7-16(8-10-18)33-15-3-5-17(6-4-15)34-22(23,24)25/h3-10,13-14,32H,11-12H2,1-2H3,(H,26,31). The Labute approximate surface area is 202 Å². The number of thioether (sulfide) groups is 1. The van der Waals surface area contributed by atoms with E-state index in [1.165, 1.54) is 23.9 Å². The van der Waals surface area contributed by atoms with Crippen molar-refractivity contribution in [3.8, 4) is 17.2 Å².